The van der Waals surface area contributed by atoms with Crippen LogP contribution >= 0.6 is 0 Å². The molecule has 0 saturated carbocycles. The Morgan fingerprint density at radius 3 is 2.82 bits per heavy atom. The average Bonchev–Trinajstić information content (AvgIpc) is 2.59. The number of hydrogen-bond acceptors (Lipinski definition) is 3. The third kappa shape index (κ3) is 3.99. The van der Waals surface area contributed by atoms with Crippen LogP contribution in [0.1, 0.15) is 62.9 Å². The van der Waals surface area contributed by atoms with Crippen LogP contribution in [0.25, 0.3) is 0 Å². The van der Waals surface area contributed by atoms with Gasteiger partial charge < -0.3 is 9.80 Å². The van der Waals surface area contributed by atoms with Crippen LogP contribution in [-0.2, 0) is 0 Å². The smallest absolute Gasteiger partial charge is 0.272 e. The van der Waals surface area contributed by atoms with Crippen molar-refractivity contribution in [1.82, 2.24) is 9.88 Å². The maximum Gasteiger partial charge on any atom is 0.272 e. The minimum absolute atomic E-state index is 0.0920. The standard InChI is InChI=1S/C18H29N3O/c1-4-6-12-20(3)16-10-11-17(19-14-16)18(22)21-13-8-7-9-15(21)5-2/h10-11,14-15H,4-9,12-13H2,1-3H3. The average molecular weight is 303 g/mol. The Morgan fingerprint density at radius 2 is 2.18 bits per heavy atom. The summed E-state index contributed by atoms with van der Waals surface area (Å²) >= 11 is 0. The van der Waals surface area contributed by atoms with Crippen LogP contribution < -0.4 is 4.90 Å². The molecule has 0 spiro atoms. The van der Waals surface area contributed by atoms with E-state index in [-0.39, 0.29) is 5.91 Å². The van der Waals surface area contributed by atoms with Gasteiger partial charge in [0.1, 0.15) is 5.69 Å². The molecule has 0 aromatic carbocycles. The number of carbonyl (C=O) groups excluding carboxylic acids is 1. The minimum Gasteiger partial charge on any atom is -0.373 e. The number of aromatic nitrogens is 1. The molecule has 1 aliphatic heterocycles. The van der Waals surface area contributed by atoms with Gasteiger partial charge in [-0.1, -0.05) is 20.3 Å². The third-order valence-corrected chi connectivity index (χ3v) is 4.61. The molecule has 2 rings (SSSR count). The van der Waals surface area contributed by atoms with E-state index in [1.54, 1.807) is 0 Å². The van der Waals surface area contributed by atoms with Gasteiger partial charge in [0.25, 0.3) is 5.91 Å². The van der Waals surface area contributed by atoms with Crippen LogP contribution in [0.15, 0.2) is 18.3 Å². The van der Waals surface area contributed by atoms with E-state index < -0.39 is 0 Å². The van der Waals surface area contributed by atoms with E-state index in [9.17, 15) is 4.79 Å². The molecule has 1 fully saturated rings. The molecule has 4 heteroatoms. The van der Waals surface area contributed by atoms with Gasteiger partial charge in [-0.2, -0.15) is 0 Å². The quantitative estimate of drug-likeness (QED) is 0.803. The summed E-state index contributed by atoms with van der Waals surface area (Å²) < 4.78 is 0. The molecule has 1 amide bonds. The lowest BCUT2D eigenvalue weighted by Gasteiger charge is -2.35. The number of rotatable bonds is 6. The zero-order chi connectivity index (χ0) is 15.9. The topological polar surface area (TPSA) is 36.4 Å². The van der Waals surface area contributed by atoms with E-state index in [2.05, 4.69) is 30.8 Å². The Morgan fingerprint density at radius 1 is 1.36 bits per heavy atom. The summed E-state index contributed by atoms with van der Waals surface area (Å²) in [6.45, 7) is 6.25. The first-order valence-electron chi connectivity index (χ1n) is 8.65. The van der Waals surface area contributed by atoms with Gasteiger partial charge >= 0.3 is 0 Å². The number of unbranched alkanes of at least 4 members (excludes halogenated alkanes) is 1. The molecule has 4 nitrogen and oxygen atoms in total. The van der Waals surface area contributed by atoms with Crippen molar-refractivity contribution in [2.24, 2.45) is 0 Å². The van der Waals surface area contributed by atoms with E-state index in [0.29, 0.717) is 11.7 Å². The predicted octanol–water partition coefficient (Wildman–Crippen LogP) is 3.72. The SMILES string of the molecule is CCCCN(C)c1ccc(C(=O)N2CCCCC2CC)nc1. The van der Waals surface area contributed by atoms with E-state index in [4.69, 9.17) is 0 Å². The number of hydrogen-bond donors (Lipinski definition) is 0. The molecule has 1 aromatic heterocycles. The van der Waals surface area contributed by atoms with Gasteiger partial charge in [0.05, 0.1) is 11.9 Å². The highest BCUT2D eigenvalue weighted by molar-refractivity contribution is 5.92. The second-order valence-corrected chi connectivity index (χ2v) is 6.23. The summed E-state index contributed by atoms with van der Waals surface area (Å²) in [5.41, 5.74) is 1.66. The zero-order valence-corrected chi connectivity index (χ0v) is 14.2. The van der Waals surface area contributed by atoms with Crippen LogP contribution in [0, 0.1) is 0 Å². The molecule has 1 aromatic rings. The van der Waals surface area contributed by atoms with Gasteiger partial charge in [0.15, 0.2) is 0 Å². The van der Waals surface area contributed by atoms with Crippen molar-refractivity contribution in [3.05, 3.63) is 24.0 Å². The number of amides is 1. The molecule has 1 aliphatic rings. The Balaban J connectivity index is 2.04. The summed E-state index contributed by atoms with van der Waals surface area (Å²) in [5.74, 6) is 0.0920. The lowest BCUT2D eigenvalue weighted by molar-refractivity contribution is 0.0602. The highest BCUT2D eigenvalue weighted by atomic mass is 16.2. The molecule has 1 unspecified atom stereocenters. The Kier molecular flexibility index (Phi) is 6.22. The number of piperidine rings is 1. The second-order valence-electron chi connectivity index (χ2n) is 6.23. The highest BCUT2D eigenvalue weighted by Gasteiger charge is 2.26. The molecule has 0 radical (unpaired) electrons. The van der Waals surface area contributed by atoms with Gasteiger partial charge in [-0.25, -0.2) is 4.98 Å². The zero-order valence-electron chi connectivity index (χ0n) is 14.2. The van der Waals surface area contributed by atoms with Crippen LogP contribution in [0.5, 0.6) is 0 Å². The molecule has 0 N–H and O–H groups in total. The van der Waals surface area contributed by atoms with Crippen molar-refractivity contribution in [3.63, 3.8) is 0 Å². The molecule has 0 aliphatic carbocycles. The summed E-state index contributed by atoms with van der Waals surface area (Å²) in [6, 6.07) is 4.28. The van der Waals surface area contributed by atoms with Gasteiger partial charge in [0, 0.05) is 26.2 Å². The first-order valence-corrected chi connectivity index (χ1v) is 8.65. The first-order chi connectivity index (χ1) is 10.7. The fourth-order valence-corrected chi connectivity index (χ4v) is 3.10. The second kappa shape index (κ2) is 8.16. The number of nitrogens with zero attached hydrogens (tertiary/aromatic N) is 3. The van der Waals surface area contributed by atoms with Crippen LogP contribution in [-0.4, -0.2) is 42.0 Å². The van der Waals surface area contributed by atoms with Gasteiger partial charge in [-0.3, -0.25) is 4.79 Å². The van der Waals surface area contributed by atoms with Crippen LogP contribution in [0.3, 0.4) is 0 Å². The van der Waals surface area contributed by atoms with Crippen molar-refractivity contribution < 1.29 is 4.79 Å². The monoisotopic (exact) mass is 303 g/mol. The van der Waals surface area contributed by atoms with Crippen LogP contribution in [0.4, 0.5) is 5.69 Å². The number of likely N-dealkylation sites (tertiary alicyclic amines) is 1. The lowest BCUT2D eigenvalue weighted by atomic mass is 9.99. The number of pyridine rings is 1. The highest BCUT2D eigenvalue weighted by Crippen LogP contribution is 2.22. The summed E-state index contributed by atoms with van der Waals surface area (Å²) in [6.07, 6.45) is 8.68. The van der Waals surface area contributed by atoms with E-state index >= 15 is 0 Å². The fraction of sp³-hybridized carbons (Fsp3) is 0.667. The maximum atomic E-state index is 12.7. The lowest BCUT2D eigenvalue weighted by Crippen LogP contribution is -2.43. The summed E-state index contributed by atoms with van der Waals surface area (Å²) in [7, 11) is 2.08. The summed E-state index contributed by atoms with van der Waals surface area (Å²) in [4.78, 5) is 21.3. The molecule has 22 heavy (non-hydrogen) atoms. The van der Waals surface area contributed by atoms with Gasteiger partial charge in [-0.05, 0) is 44.2 Å². The first kappa shape index (κ1) is 16.8. The molecule has 0 bridgehead atoms. The van der Waals surface area contributed by atoms with Gasteiger partial charge in [0.2, 0.25) is 0 Å². The Bertz CT molecular complexity index is 472. The summed E-state index contributed by atoms with van der Waals surface area (Å²) in [5, 5.41) is 0. The van der Waals surface area contributed by atoms with E-state index in [1.807, 2.05) is 23.2 Å². The van der Waals surface area contributed by atoms with Gasteiger partial charge in [-0.15, -0.1) is 0 Å². The number of carbonyl (C=O) groups is 1. The molecule has 2 heterocycles. The number of anilines is 1. The molecular formula is C18H29N3O. The van der Waals surface area contributed by atoms with E-state index in [1.165, 1.54) is 19.3 Å². The molecule has 1 saturated heterocycles. The van der Waals surface area contributed by atoms with Crippen molar-refractivity contribution in [2.45, 2.75) is 58.4 Å². The maximum absolute atomic E-state index is 12.7. The van der Waals surface area contributed by atoms with Crippen molar-refractivity contribution >= 4 is 11.6 Å². The third-order valence-electron chi connectivity index (χ3n) is 4.61. The van der Waals surface area contributed by atoms with Crippen molar-refractivity contribution in [3.8, 4) is 0 Å². The molecular weight excluding hydrogens is 274 g/mol. The fourth-order valence-electron chi connectivity index (χ4n) is 3.10. The normalized spacial score (nSPS) is 18.3. The van der Waals surface area contributed by atoms with E-state index in [0.717, 1.165) is 38.0 Å². The Labute approximate surface area is 134 Å². The predicted molar refractivity (Wildman–Crippen MR) is 91.4 cm³/mol. The van der Waals surface area contributed by atoms with Crippen LogP contribution in [0.2, 0.25) is 0 Å². The largest absolute Gasteiger partial charge is 0.373 e. The minimum atomic E-state index is 0.0920. The van der Waals surface area contributed by atoms with Crippen molar-refractivity contribution in [1.29, 1.82) is 0 Å². The Hall–Kier alpha value is -1.58. The molecule has 122 valence electrons. The van der Waals surface area contributed by atoms with Crippen molar-refractivity contribution in [2.75, 3.05) is 25.0 Å². The molecule has 1 atom stereocenters.